The zero-order valence-electron chi connectivity index (χ0n) is 11.3. The van der Waals surface area contributed by atoms with Gasteiger partial charge in [-0.2, -0.15) is 0 Å². The monoisotopic (exact) mass is 259 g/mol. The van der Waals surface area contributed by atoms with Crippen LogP contribution in [0.15, 0.2) is 34.0 Å². The Morgan fingerprint density at radius 2 is 1.74 bits per heavy atom. The van der Waals surface area contributed by atoms with Crippen LogP contribution in [0.2, 0.25) is 0 Å². The molecule has 1 aromatic heterocycles. The maximum absolute atomic E-state index is 12.0. The number of nitrogens with zero attached hydrogens (tertiary/aromatic N) is 2. The van der Waals surface area contributed by atoms with Gasteiger partial charge < -0.3 is 10.3 Å². The average molecular weight is 259 g/mol. The van der Waals surface area contributed by atoms with Crippen LogP contribution in [0.1, 0.15) is 16.7 Å². The van der Waals surface area contributed by atoms with Gasteiger partial charge in [-0.3, -0.25) is 9.36 Å². The van der Waals surface area contributed by atoms with Crippen molar-refractivity contribution in [2.75, 3.05) is 5.73 Å². The summed E-state index contributed by atoms with van der Waals surface area (Å²) in [7, 11) is 1.58. The third-order valence-electron chi connectivity index (χ3n) is 3.32. The van der Waals surface area contributed by atoms with Crippen LogP contribution < -0.4 is 17.0 Å². The van der Waals surface area contributed by atoms with Crippen molar-refractivity contribution in [2.45, 2.75) is 20.4 Å². The Morgan fingerprint density at radius 3 is 2.32 bits per heavy atom. The van der Waals surface area contributed by atoms with Crippen LogP contribution in [-0.2, 0) is 13.6 Å². The van der Waals surface area contributed by atoms with E-state index in [1.54, 1.807) is 7.05 Å². The number of nitrogen functional groups attached to an aromatic ring is 1. The van der Waals surface area contributed by atoms with Crippen molar-refractivity contribution in [3.63, 3.8) is 0 Å². The van der Waals surface area contributed by atoms with Gasteiger partial charge in [-0.05, 0) is 30.5 Å². The molecule has 2 N–H and O–H groups in total. The standard InChI is InChI=1S/C14H17N3O2/c1-9-5-4-6-10(2)11(9)7-17-13(18)12(15)8-16(3)14(17)19/h4-6,8H,7,15H2,1-3H3. The molecule has 0 aliphatic heterocycles. The second-order valence-electron chi connectivity index (χ2n) is 4.74. The first-order valence-electron chi connectivity index (χ1n) is 6.03. The van der Waals surface area contributed by atoms with Gasteiger partial charge >= 0.3 is 5.69 Å². The molecule has 0 fully saturated rings. The Labute approximate surface area is 110 Å². The van der Waals surface area contributed by atoms with E-state index in [1.807, 2.05) is 32.0 Å². The average Bonchev–Trinajstić information content (AvgIpc) is 2.35. The van der Waals surface area contributed by atoms with Crippen molar-refractivity contribution in [3.8, 4) is 0 Å². The summed E-state index contributed by atoms with van der Waals surface area (Å²) >= 11 is 0. The first kappa shape index (κ1) is 13.1. The van der Waals surface area contributed by atoms with E-state index >= 15 is 0 Å². The van der Waals surface area contributed by atoms with Gasteiger partial charge in [0.15, 0.2) is 0 Å². The summed E-state index contributed by atoms with van der Waals surface area (Å²) in [6.07, 6.45) is 1.35. The van der Waals surface area contributed by atoms with Gasteiger partial charge in [0.2, 0.25) is 0 Å². The third-order valence-corrected chi connectivity index (χ3v) is 3.32. The zero-order chi connectivity index (χ0) is 14.2. The Balaban J connectivity index is 2.63. The highest BCUT2D eigenvalue weighted by atomic mass is 16.2. The van der Waals surface area contributed by atoms with Gasteiger partial charge in [-0.1, -0.05) is 18.2 Å². The predicted molar refractivity (Wildman–Crippen MR) is 75.4 cm³/mol. The van der Waals surface area contributed by atoms with E-state index in [0.717, 1.165) is 16.7 Å². The summed E-state index contributed by atoms with van der Waals surface area (Å²) in [5.41, 5.74) is 7.99. The summed E-state index contributed by atoms with van der Waals surface area (Å²) in [6.45, 7) is 4.17. The van der Waals surface area contributed by atoms with Crippen LogP contribution >= 0.6 is 0 Å². The van der Waals surface area contributed by atoms with E-state index in [1.165, 1.54) is 15.3 Å². The molecule has 0 radical (unpaired) electrons. The number of aryl methyl sites for hydroxylation is 3. The molecule has 19 heavy (non-hydrogen) atoms. The fraction of sp³-hybridized carbons (Fsp3) is 0.286. The van der Waals surface area contributed by atoms with E-state index in [-0.39, 0.29) is 17.9 Å². The van der Waals surface area contributed by atoms with Crippen molar-refractivity contribution < 1.29 is 0 Å². The lowest BCUT2D eigenvalue weighted by atomic mass is 10.0. The number of anilines is 1. The Bertz CT molecular complexity index is 687. The number of benzene rings is 1. The largest absolute Gasteiger partial charge is 0.393 e. The molecule has 1 aromatic carbocycles. The topological polar surface area (TPSA) is 70.0 Å². The Morgan fingerprint density at radius 1 is 1.16 bits per heavy atom. The van der Waals surface area contributed by atoms with Crippen LogP contribution in [-0.4, -0.2) is 9.13 Å². The minimum atomic E-state index is -0.439. The fourth-order valence-corrected chi connectivity index (χ4v) is 2.15. The molecule has 0 unspecified atom stereocenters. The van der Waals surface area contributed by atoms with Gasteiger partial charge in [0.05, 0.1) is 6.54 Å². The summed E-state index contributed by atoms with van der Waals surface area (Å²) in [5, 5.41) is 0. The fourth-order valence-electron chi connectivity index (χ4n) is 2.15. The normalized spacial score (nSPS) is 10.7. The molecule has 0 bridgehead atoms. The van der Waals surface area contributed by atoms with Gasteiger partial charge in [-0.15, -0.1) is 0 Å². The molecule has 0 saturated heterocycles. The third kappa shape index (κ3) is 2.31. The molecule has 0 aliphatic rings. The summed E-state index contributed by atoms with van der Waals surface area (Å²) in [4.78, 5) is 24.0. The maximum atomic E-state index is 12.0. The number of rotatable bonds is 2. The number of aromatic nitrogens is 2. The number of hydrogen-bond acceptors (Lipinski definition) is 3. The van der Waals surface area contributed by atoms with Crippen LogP contribution in [0.5, 0.6) is 0 Å². The minimum absolute atomic E-state index is 0.0772. The van der Waals surface area contributed by atoms with Crippen molar-refractivity contribution in [3.05, 3.63) is 61.9 Å². The Hall–Kier alpha value is -2.30. The molecule has 0 spiro atoms. The lowest BCUT2D eigenvalue weighted by Crippen LogP contribution is -2.40. The maximum Gasteiger partial charge on any atom is 0.331 e. The molecule has 1 heterocycles. The highest BCUT2D eigenvalue weighted by Crippen LogP contribution is 2.13. The van der Waals surface area contributed by atoms with Crippen molar-refractivity contribution in [1.82, 2.24) is 9.13 Å². The van der Waals surface area contributed by atoms with Gasteiger partial charge in [0, 0.05) is 13.2 Å². The van der Waals surface area contributed by atoms with E-state index in [4.69, 9.17) is 5.73 Å². The highest BCUT2D eigenvalue weighted by Gasteiger charge is 2.10. The molecule has 0 saturated carbocycles. The van der Waals surface area contributed by atoms with Crippen LogP contribution in [0.25, 0.3) is 0 Å². The lowest BCUT2D eigenvalue weighted by Gasteiger charge is -2.12. The summed E-state index contributed by atoms with van der Waals surface area (Å²) in [6, 6.07) is 5.88. The van der Waals surface area contributed by atoms with Crippen molar-refractivity contribution >= 4 is 5.69 Å². The first-order valence-corrected chi connectivity index (χ1v) is 6.03. The SMILES string of the molecule is Cc1cccc(C)c1Cn1c(=O)c(N)cn(C)c1=O. The smallest absolute Gasteiger partial charge is 0.331 e. The molecule has 0 aliphatic carbocycles. The van der Waals surface area contributed by atoms with Crippen LogP contribution in [0, 0.1) is 13.8 Å². The molecule has 2 rings (SSSR count). The zero-order valence-corrected chi connectivity index (χ0v) is 11.3. The van der Waals surface area contributed by atoms with Gasteiger partial charge in [-0.25, -0.2) is 4.79 Å². The van der Waals surface area contributed by atoms with E-state index < -0.39 is 5.56 Å². The highest BCUT2D eigenvalue weighted by molar-refractivity contribution is 5.35. The first-order chi connectivity index (χ1) is 8.91. The summed E-state index contributed by atoms with van der Waals surface area (Å²) in [5.74, 6) is 0. The van der Waals surface area contributed by atoms with E-state index in [2.05, 4.69) is 0 Å². The molecule has 5 heteroatoms. The van der Waals surface area contributed by atoms with Gasteiger partial charge in [0.1, 0.15) is 5.69 Å². The van der Waals surface area contributed by atoms with Crippen LogP contribution in [0.3, 0.4) is 0 Å². The molecule has 5 nitrogen and oxygen atoms in total. The molecular weight excluding hydrogens is 242 g/mol. The van der Waals surface area contributed by atoms with Crippen LogP contribution in [0.4, 0.5) is 5.69 Å². The summed E-state index contributed by atoms with van der Waals surface area (Å²) < 4.78 is 2.50. The number of nitrogens with two attached hydrogens (primary N) is 1. The number of hydrogen-bond donors (Lipinski definition) is 1. The molecular formula is C14H17N3O2. The Kier molecular flexibility index (Phi) is 3.29. The molecule has 0 amide bonds. The molecule has 0 atom stereocenters. The minimum Gasteiger partial charge on any atom is -0.393 e. The molecule has 100 valence electrons. The van der Waals surface area contributed by atoms with Crippen molar-refractivity contribution in [1.29, 1.82) is 0 Å². The predicted octanol–water partition coefficient (Wildman–Crippen LogP) is 0.794. The molecule has 2 aromatic rings. The second kappa shape index (κ2) is 4.76. The van der Waals surface area contributed by atoms with Gasteiger partial charge in [0.25, 0.3) is 5.56 Å². The quantitative estimate of drug-likeness (QED) is 0.867. The van der Waals surface area contributed by atoms with E-state index in [0.29, 0.717) is 0 Å². The second-order valence-corrected chi connectivity index (χ2v) is 4.74. The lowest BCUT2D eigenvalue weighted by molar-refractivity contribution is 0.640. The van der Waals surface area contributed by atoms with Crippen molar-refractivity contribution in [2.24, 2.45) is 7.05 Å². The van der Waals surface area contributed by atoms with E-state index in [9.17, 15) is 9.59 Å².